The average Bonchev–Trinajstić information content (AvgIpc) is 2.29. The van der Waals surface area contributed by atoms with E-state index in [9.17, 15) is 9.18 Å². The molecule has 0 fully saturated rings. The summed E-state index contributed by atoms with van der Waals surface area (Å²) in [6, 6.07) is 6.26. The summed E-state index contributed by atoms with van der Waals surface area (Å²) in [5.41, 5.74) is 0.741. The smallest absolute Gasteiger partial charge is 0.313 e. The fourth-order valence-electron chi connectivity index (χ4n) is 1.64. The predicted molar refractivity (Wildman–Crippen MR) is 70.4 cm³/mol. The third kappa shape index (κ3) is 4.32. The average molecular weight is 250 g/mol. The Balaban J connectivity index is 2.80. The number of benzene rings is 1. The first-order valence-corrected chi connectivity index (χ1v) is 6.15. The molecule has 0 amide bonds. The summed E-state index contributed by atoms with van der Waals surface area (Å²) >= 11 is 0. The minimum absolute atomic E-state index is 0.147. The molecule has 0 aliphatic rings. The van der Waals surface area contributed by atoms with Crippen LogP contribution in [0.5, 0.6) is 0 Å². The Morgan fingerprint density at radius 1 is 1.44 bits per heavy atom. The highest BCUT2D eigenvalue weighted by Gasteiger charge is 2.20. The normalized spacial score (nSPS) is 12.9. The Morgan fingerprint density at radius 3 is 2.72 bits per heavy atom. The zero-order valence-corrected chi connectivity index (χ0v) is 11.0. The first-order valence-electron chi connectivity index (χ1n) is 6.15. The van der Waals surface area contributed by atoms with E-state index in [1.807, 2.05) is 13.8 Å². The topological polar surface area (TPSA) is 26.3 Å². The summed E-state index contributed by atoms with van der Waals surface area (Å²) in [6.07, 6.45) is 3.53. The van der Waals surface area contributed by atoms with Gasteiger partial charge < -0.3 is 4.74 Å². The zero-order chi connectivity index (χ0) is 13.5. The molecule has 0 aliphatic carbocycles. The summed E-state index contributed by atoms with van der Waals surface area (Å²) in [5.74, 6) is -0.670. The van der Waals surface area contributed by atoms with Gasteiger partial charge in [-0.3, -0.25) is 4.79 Å². The van der Waals surface area contributed by atoms with Gasteiger partial charge in [-0.1, -0.05) is 38.1 Å². The second-order valence-electron chi connectivity index (χ2n) is 4.44. The van der Waals surface area contributed by atoms with Gasteiger partial charge in [0.05, 0.1) is 12.5 Å². The molecule has 0 saturated heterocycles. The molecule has 0 N–H and O–H groups in total. The van der Waals surface area contributed by atoms with Crippen molar-refractivity contribution in [2.75, 3.05) is 6.61 Å². The van der Waals surface area contributed by atoms with Crippen molar-refractivity contribution in [3.63, 3.8) is 0 Å². The lowest BCUT2D eigenvalue weighted by Gasteiger charge is -2.15. The molecule has 1 aromatic carbocycles. The van der Waals surface area contributed by atoms with Gasteiger partial charge in [0, 0.05) is 0 Å². The van der Waals surface area contributed by atoms with Crippen molar-refractivity contribution >= 4 is 12.0 Å². The molecule has 0 aliphatic heterocycles. The Hall–Kier alpha value is -1.64. The van der Waals surface area contributed by atoms with Crippen molar-refractivity contribution < 1.29 is 13.9 Å². The number of carbonyl (C=O) groups excluding carboxylic acids is 1. The minimum atomic E-state index is -0.298. The molecular weight excluding hydrogens is 231 g/mol. The fourth-order valence-corrected chi connectivity index (χ4v) is 1.64. The van der Waals surface area contributed by atoms with Crippen molar-refractivity contribution in [1.29, 1.82) is 0 Å². The van der Waals surface area contributed by atoms with Crippen molar-refractivity contribution in [3.05, 3.63) is 41.7 Å². The summed E-state index contributed by atoms with van der Waals surface area (Å²) in [6.45, 7) is 6.07. The van der Waals surface area contributed by atoms with E-state index in [-0.39, 0.29) is 23.6 Å². The molecular formula is C15H19FO2. The van der Waals surface area contributed by atoms with Gasteiger partial charge in [0.15, 0.2) is 0 Å². The Bertz CT molecular complexity index is 424. The van der Waals surface area contributed by atoms with Crippen molar-refractivity contribution in [2.45, 2.75) is 20.8 Å². The van der Waals surface area contributed by atoms with E-state index in [1.165, 1.54) is 12.1 Å². The molecule has 2 nitrogen and oxygen atoms in total. The number of carbonyl (C=O) groups is 1. The summed E-state index contributed by atoms with van der Waals surface area (Å²) in [4.78, 5) is 11.7. The second kappa shape index (κ2) is 6.94. The highest BCUT2D eigenvalue weighted by Crippen LogP contribution is 2.17. The number of hydrogen-bond acceptors (Lipinski definition) is 2. The van der Waals surface area contributed by atoms with E-state index >= 15 is 0 Å². The molecule has 0 saturated carbocycles. The highest BCUT2D eigenvalue weighted by atomic mass is 19.1. The third-order valence-corrected chi connectivity index (χ3v) is 2.62. The number of hydrogen-bond donors (Lipinski definition) is 0. The van der Waals surface area contributed by atoms with Crippen LogP contribution in [-0.2, 0) is 9.53 Å². The summed E-state index contributed by atoms with van der Waals surface area (Å²) in [5, 5.41) is 0. The van der Waals surface area contributed by atoms with Gasteiger partial charge in [-0.25, -0.2) is 4.39 Å². The SMILES string of the molecule is CCOC(=O)C(C=Cc1cccc(F)c1)C(C)C. The minimum Gasteiger partial charge on any atom is -0.466 e. The molecule has 18 heavy (non-hydrogen) atoms. The zero-order valence-electron chi connectivity index (χ0n) is 11.0. The second-order valence-corrected chi connectivity index (χ2v) is 4.44. The predicted octanol–water partition coefficient (Wildman–Crippen LogP) is 3.67. The monoisotopic (exact) mass is 250 g/mol. The van der Waals surface area contributed by atoms with Crippen LogP contribution in [0.3, 0.4) is 0 Å². The van der Waals surface area contributed by atoms with E-state index in [0.717, 1.165) is 5.56 Å². The molecule has 0 spiro atoms. The molecule has 1 aromatic rings. The van der Waals surface area contributed by atoms with E-state index in [4.69, 9.17) is 4.74 Å². The molecule has 0 bridgehead atoms. The molecule has 0 heterocycles. The molecule has 0 aromatic heterocycles. The molecule has 1 rings (SSSR count). The van der Waals surface area contributed by atoms with Crippen LogP contribution < -0.4 is 0 Å². The lowest BCUT2D eigenvalue weighted by molar-refractivity contribution is -0.147. The maximum Gasteiger partial charge on any atom is 0.313 e. The van der Waals surface area contributed by atoms with Crippen LogP contribution in [0.15, 0.2) is 30.3 Å². The number of ether oxygens (including phenoxy) is 1. The Morgan fingerprint density at radius 2 is 2.17 bits per heavy atom. The number of halogens is 1. The van der Waals surface area contributed by atoms with Crippen molar-refractivity contribution in [2.24, 2.45) is 11.8 Å². The third-order valence-electron chi connectivity index (χ3n) is 2.62. The summed E-state index contributed by atoms with van der Waals surface area (Å²) < 4.78 is 18.0. The lowest BCUT2D eigenvalue weighted by Crippen LogP contribution is -2.20. The van der Waals surface area contributed by atoms with Crippen LogP contribution >= 0.6 is 0 Å². The fraction of sp³-hybridized carbons (Fsp3) is 0.400. The van der Waals surface area contributed by atoms with Crippen LogP contribution in [0.1, 0.15) is 26.3 Å². The molecule has 0 radical (unpaired) electrons. The molecule has 1 atom stereocenters. The first-order chi connectivity index (χ1) is 8.54. The van der Waals surface area contributed by atoms with Gasteiger partial charge in [0.2, 0.25) is 0 Å². The summed E-state index contributed by atoms with van der Waals surface area (Å²) in [7, 11) is 0. The maximum absolute atomic E-state index is 13.0. The van der Waals surface area contributed by atoms with Crippen LogP contribution in [0, 0.1) is 17.7 Å². The van der Waals surface area contributed by atoms with E-state index in [0.29, 0.717) is 6.61 Å². The molecule has 3 heteroatoms. The van der Waals surface area contributed by atoms with Crippen LogP contribution in [0.2, 0.25) is 0 Å². The van der Waals surface area contributed by atoms with E-state index < -0.39 is 0 Å². The van der Waals surface area contributed by atoms with Gasteiger partial charge in [-0.15, -0.1) is 0 Å². The Labute approximate surface area is 107 Å². The van der Waals surface area contributed by atoms with Crippen LogP contribution in [0.25, 0.3) is 6.08 Å². The van der Waals surface area contributed by atoms with Gasteiger partial charge in [0.25, 0.3) is 0 Å². The van der Waals surface area contributed by atoms with Crippen LogP contribution in [-0.4, -0.2) is 12.6 Å². The maximum atomic E-state index is 13.0. The van der Waals surface area contributed by atoms with Crippen LogP contribution in [0.4, 0.5) is 4.39 Å². The largest absolute Gasteiger partial charge is 0.466 e. The number of esters is 1. The first kappa shape index (κ1) is 14.4. The van der Waals surface area contributed by atoms with Crippen molar-refractivity contribution in [3.8, 4) is 0 Å². The van der Waals surface area contributed by atoms with E-state index in [2.05, 4.69) is 0 Å². The Kier molecular flexibility index (Phi) is 5.56. The molecule has 98 valence electrons. The van der Waals surface area contributed by atoms with Gasteiger partial charge in [-0.2, -0.15) is 0 Å². The number of rotatable bonds is 5. The standard InChI is InChI=1S/C15H19FO2/c1-4-18-15(17)14(11(2)3)9-8-12-6-5-7-13(16)10-12/h5-11,14H,4H2,1-3H3. The quantitative estimate of drug-likeness (QED) is 0.745. The molecule has 1 unspecified atom stereocenters. The van der Waals surface area contributed by atoms with Gasteiger partial charge in [-0.05, 0) is 30.5 Å². The van der Waals surface area contributed by atoms with Gasteiger partial charge in [0.1, 0.15) is 5.82 Å². The van der Waals surface area contributed by atoms with Gasteiger partial charge >= 0.3 is 5.97 Å². The highest BCUT2D eigenvalue weighted by molar-refractivity contribution is 5.76. The van der Waals surface area contributed by atoms with E-state index in [1.54, 1.807) is 31.2 Å². The lowest BCUT2D eigenvalue weighted by atomic mass is 9.95. The van der Waals surface area contributed by atoms with Crippen molar-refractivity contribution in [1.82, 2.24) is 0 Å².